The molecular weight excluding hydrogens is 402 g/mol. The summed E-state index contributed by atoms with van der Waals surface area (Å²) in [5, 5.41) is 2.50. The van der Waals surface area contributed by atoms with Crippen molar-refractivity contribution in [1.82, 2.24) is 10.2 Å². The molecule has 8 heteroatoms. The van der Waals surface area contributed by atoms with Crippen LogP contribution >= 0.6 is 11.8 Å². The van der Waals surface area contributed by atoms with Crippen molar-refractivity contribution in [2.45, 2.75) is 31.1 Å². The Kier molecular flexibility index (Phi) is 5.50. The van der Waals surface area contributed by atoms with Crippen LogP contribution in [0, 0.1) is 0 Å². The number of rotatable bonds is 5. The van der Waals surface area contributed by atoms with Crippen molar-refractivity contribution in [3.05, 3.63) is 71.3 Å². The number of hydrogen-bond acceptors (Lipinski definition) is 5. The minimum absolute atomic E-state index is 0.137. The van der Waals surface area contributed by atoms with E-state index in [0.717, 1.165) is 10.5 Å². The number of thioether (sulfide) groups is 1. The van der Waals surface area contributed by atoms with Gasteiger partial charge >= 0.3 is 0 Å². The first-order valence-corrected chi connectivity index (χ1v) is 10.5. The van der Waals surface area contributed by atoms with Crippen molar-refractivity contribution in [2.24, 2.45) is 4.99 Å². The Morgan fingerprint density at radius 2 is 1.63 bits per heavy atom. The van der Waals surface area contributed by atoms with E-state index < -0.39 is 23.8 Å². The fraction of sp³-hybridized carbons (Fsp3) is 0.227. The molecular formula is C22H19N3O4S. The molecule has 4 rings (SSSR count). The van der Waals surface area contributed by atoms with E-state index in [9.17, 15) is 19.2 Å². The number of imide groups is 1. The van der Waals surface area contributed by atoms with E-state index >= 15 is 0 Å². The maximum atomic E-state index is 13.1. The van der Waals surface area contributed by atoms with Crippen LogP contribution in [0.15, 0.2) is 59.6 Å². The van der Waals surface area contributed by atoms with Crippen LogP contribution in [-0.2, 0) is 16.0 Å². The summed E-state index contributed by atoms with van der Waals surface area (Å²) in [5.74, 6) is -1.87. The molecule has 0 aromatic heterocycles. The van der Waals surface area contributed by atoms with Crippen LogP contribution < -0.4 is 5.32 Å². The molecule has 1 saturated heterocycles. The number of amidine groups is 1. The second kappa shape index (κ2) is 8.23. The van der Waals surface area contributed by atoms with Gasteiger partial charge in [0.2, 0.25) is 5.91 Å². The topological polar surface area (TPSA) is 95.9 Å². The van der Waals surface area contributed by atoms with E-state index in [1.165, 1.54) is 11.8 Å². The Morgan fingerprint density at radius 3 is 2.20 bits per heavy atom. The van der Waals surface area contributed by atoms with Crippen molar-refractivity contribution < 1.29 is 19.2 Å². The highest BCUT2D eigenvalue weighted by Crippen LogP contribution is 2.27. The van der Waals surface area contributed by atoms with E-state index in [-0.39, 0.29) is 33.9 Å². The number of hydrogen-bond donors (Lipinski definition) is 1. The molecule has 7 nitrogen and oxygen atoms in total. The molecule has 2 heterocycles. The molecule has 0 bridgehead atoms. The molecule has 2 aliphatic rings. The molecule has 2 aliphatic heterocycles. The van der Waals surface area contributed by atoms with Gasteiger partial charge in [0.1, 0.15) is 6.04 Å². The zero-order valence-electron chi connectivity index (χ0n) is 16.2. The Hall–Kier alpha value is -3.26. The highest BCUT2D eigenvalue weighted by Gasteiger charge is 2.43. The van der Waals surface area contributed by atoms with Crippen LogP contribution in [0.4, 0.5) is 0 Å². The van der Waals surface area contributed by atoms with E-state index in [2.05, 4.69) is 10.3 Å². The van der Waals surface area contributed by atoms with Gasteiger partial charge in [-0.25, -0.2) is 0 Å². The van der Waals surface area contributed by atoms with E-state index in [0.29, 0.717) is 6.42 Å². The zero-order valence-corrected chi connectivity index (χ0v) is 17.0. The van der Waals surface area contributed by atoms with Gasteiger partial charge in [0.25, 0.3) is 17.7 Å². The fourth-order valence-corrected chi connectivity index (χ4v) is 4.42. The van der Waals surface area contributed by atoms with Crippen LogP contribution in [0.1, 0.15) is 39.6 Å². The third kappa shape index (κ3) is 3.66. The number of carbonyl (C=O) groups excluding carboxylic acids is 4. The molecule has 30 heavy (non-hydrogen) atoms. The molecule has 2 aromatic carbocycles. The fourth-order valence-electron chi connectivity index (χ4n) is 3.52. The number of fused-ring (bicyclic) bond motifs is 1. The smallest absolute Gasteiger partial charge is 0.271 e. The summed E-state index contributed by atoms with van der Waals surface area (Å²) < 4.78 is 0. The monoisotopic (exact) mass is 421 g/mol. The number of amides is 4. The molecule has 2 unspecified atom stereocenters. The molecule has 4 amide bonds. The number of aliphatic imine (C=N–C) groups is 1. The third-order valence-corrected chi connectivity index (χ3v) is 6.30. The molecule has 0 aliphatic carbocycles. The molecule has 0 radical (unpaired) electrons. The standard InChI is InChI=1S/C22H19N3O4S/c1-2-17-19(27)24-22(30-17)23-18(26)16(12-13-8-4-3-5-9-13)25-20(28)14-10-6-7-11-15(14)21(25)29/h3-11,16-17H,2,12H2,1H3,(H,23,24,26,27). The van der Waals surface area contributed by atoms with Crippen LogP contribution in [0.2, 0.25) is 0 Å². The molecule has 0 saturated carbocycles. The average Bonchev–Trinajstić information content (AvgIpc) is 3.23. The normalized spacial score (nSPS) is 20.4. The summed E-state index contributed by atoms with van der Waals surface area (Å²) in [6.07, 6.45) is 0.743. The van der Waals surface area contributed by atoms with Gasteiger partial charge in [-0.2, -0.15) is 4.99 Å². The number of nitrogens with one attached hydrogen (secondary N) is 1. The summed E-state index contributed by atoms with van der Waals surface area (Å²) in [5.41, 5.74) is 1.34. The Morgan fingerprint density at radius 1 is 1.03 bits per heavy atom. The van der Waals surface area contributed by atoms with Crippen LogP contribution in [0.3, 0.4) is 0 Å². The van der Waals surface area contributed by atoms with E-state index in [1.54, 1.807) is 24.3 Å². The minimum Gasteiger partial charge on any atom is -0.304 e. The Labute approximate surface area is 177 Å². The lowest BCUT2D eigenvalue weighted by molar-refractivity contribution is -0.121. The quantitative estimate of drug-likeness (QED) is 0.748. The summed E-state index contributed by atoms with van der Waals surface area (Å²) in [7, 11) is 0. The predicted octanol–water partition coefficient (Wildman–Crippen LogP) is 2.42. The SMILES string of the molecule is CCC1SC(=NC(=O)C(Cc2ccccc2)N2C(=O)c3ccccc3C2=O)NC1=O. The first-order chi connectivity index (χ1) is 14.5. The second-order valence-corrected chi connectivity index (χ2v) is 8.18. The minimum atomic E-state index is -1.11. The molecule has 1 N–H and O–H groups in total. The Bertz CT molecular complexity index is 1030. The lowest BCUT2D eigenvalue weighted by atomic mass is 10.0. The molecule has 152 valence electrons. The van der Waals surface area contributed by atoms with Gasteiger partial charge in [0.15, 0.2) is 5.17 Å². The number of nitrogens with zero attached hydrogens (tertiary/aromatic N) is 2. The summed E-state index contributed by atoms with van der Waals surface area (Å²) in [6.45, 7) is 1.87. The predicted molar refractivity (Wildman–Crippen MR) is 113 cm³/mol. The highest BCUT2D eigenvalue weighted by atomic mass is 32.2. The number of benzene rings is 2. The summed E-state index contributed by atoms with van der Waals surface area (Å²) in [6, 6.07) is 14.5. The van der Waals surface area contributed by atoms with Gasteiger partial charge in [0, 0.05) is 6.42 Å². The van der Waals surface area contributed by atoms with Gasteiger partial charge in [-0.3, -0.25) is 24.1 Å². The van der Waals surface area contributed by atoms with Gasteiger partial charge in [-0.1, -0.05) is 61.2 Å². The maximum absolute atomic E-state index is 13.1. The van der Waals surface area contributed by atoms with Crippen molar-refractivity contribution in [3.63, 3.8) is 0 Å². The summed E-state index contributed by atoms with van der Waals surface area (Å²) in [4.78, 5) is 56.0. The zero-order chi connectivity index (χ0) is 21.3. The van der Waals surface area contributed by atoms with E-state index in [4.69, 9.17) is 0 Å². The lowest BCUT2D eigenvalue weighted by Crippen LogP contribution is -2.46. The largest absolute Gasteiger partial charge is 0.304 e. The van der Waals surface area contributed by atoms with Crippen molar-refractivity contribution in [3.8, 4) is 0 Å². The second-order valence-electron chi connectivity index (χ2n) is 6.99. The van der Waals surface area contributed by atoms with Crippen molar-refractivity contribution in [1.29, 1.82) is 0 Å². The Balaban J connectivity index is 1.67. The molecule has 0 spiro atoms. The van der Waals surface area contributed by atoms with E-state index in [1.807, 2.05) is 37.3 Å². The van der Waals surface area contributed by atoms with Gasteiger partial charge in [-0.05, 0) is 24.1 Å². The summed E-state index contributed by atoms with van der Waals surface area (Å²) >= 11 is 1.18. The average molecular weight is 421 g/mol. The molecule has 1 fully saturated rings. The van der Waals surface area contributed by atoms with Gasteiger partial charge in [-0.15, -0.1) is 0 Å². The van der Waals surface area contributed by atoms with Crippen molar-refractivity contribution in [2.75, 3.05) is 0 Å². The highest BCUT2D eigenvalue weighted by molar-refractivity contribution is 8.15. The third-order valence-electron chi connectivity index (χ3n) is 5.05. The van der Waals surface area contributed by atoms with Gasteiger partial charge < -0.3 is 5.32 Å². The lowest BCUT2D eigenvalue weighted by Gasteiger charge is -2.23. The van der Waals surface area contributed by atoms with Crippen molar-refractivity contribution >= 4 is 40.6 Å². The van der Waals surface area contributed by atoms with Crippen LogP contribution in [0.25, 0.3) is 0 Å². The maximum Gasteiger partial charge on any atom is 0.271 e. The van der Waals surface area contributed by atoms with Crippen LogP contribution in [0.5, 0.6) is 0 Å². The number of carbonyl (C=O) groups is 4. The van der Waals surface area contributed by atoms with Crippen LogP contribution in [-0.4, -0.2) is 45.0 Å². The first kappa shape index (κ1) is 20.0. The van der Waals surface area contributed by atoms with Gasteiger partial charge in [0.05, 0.1) is 16.4 Å². The molecule has 2 atom stereocenters. The molecule has 2 aromatic rings. The first-order valence-electron chi connectivity index (χ1n) is 9.60.